The minimum absolute atomic E-state index is 0.00287. The molecule has 160 valence electrons. The van der Waals surface area contributed by atoms with E-state index in [4.69, 9.17) is 10.5 Å². The average molecular weight is 439 g/mol. The van der Waals surface area contributed by atoms with Crippen molar-refractivity contribution in [1.82, 2.24) is 9.97 Å². The molecule has 2 aromatic carbocycles. The minimum atomic E-state index is -3.44. The van der Waals surface area contributed by atoms with E-state index in [-0.39, 0.29) is 28.3 Å². The van der Waals surface area contributed by atoms with Gasteiger partial charge in [0.1, 0.15) is 0 Å². The van der Waals surface area contributed by atoms with Crippen LogP contribution >= 0.6 is 0 Å². The summed E-state index contributed by atoms with van der Waals surface area (Å²) in [4.78, 5) is 21.4. The molecule has 1 fully saturated rings. The first-order chi connectivity index (χ1) is 14.8. The zero-order chi connectivity index (χ0) is 22.0. The standard InChI is InChI=1S/C22H22N4O4S/c1-14-2-4-15(5-3-14)19-12-24-21(23)20(26-19)22(27)25-16-6-8-18(9-7-16)31(28,29)13-17-10-11-30-17/h2-9,12,17H,10-11,13H2,1H3,(H2,23,24)(H,25,27). The molecule has 1 aliphatic heterocycles. The van der Waals surface area contributed by atoms with Crippen LogP contribution < -0.4 is 11.1 Å². The summed E-state index contributed by atoms with van der Waals surface area (Å²) >= 11 is 0. The molecule has 4 rings (SSSR count). The molecule has 0 aliphatic carbocycles. The van der Waals surface area contributed by atoms with Gasteiger partial charge in [0.15, 0.2) is 21.3 Å². The number of hydrogen-bond acceptors (Lipinski definition) is 7. The Hall–Kier alpha value is -3.30. The van der Waals surface area contributed by atoms with Gasteiger partial charge in [-0.1, -0.05) is 29.8 Å². The second-order valence-electron chi connectivity index (χ2n) is 7.40. The van der Waals surface area contributed by atoms with Crippen LogP contribution in [-0.4, -0.2) is 42.8 Å². The summed E-state index contributed by atoms with van der Waals surface area (Å²) < 4.78 is 30.1. The summed E-state index contributed by atoms with van der Waals surface area (Å²) in [7, 11) is -3.44. The summed E-state index contributed by atoms with van der Waals surface area (Å²) in [6.07, 6.45) is 2.02. The number of aryl methyl sites for hydroxylation is 1. The van der Waals surface area contributed by atoms with Gasteiger partial charge >= 0.3 is 0 Å². The molecule has 31 heavy (non-hydrogen) atoms. The van der Waals surface area contributed by atoms with E-state index < -0.39 is 15.7 Å². The first kappa shape index (κ1) is 21.0. The Morgan fingerprint density at radius 2 is 1.84 bits per heavy atom. The fraction of sp³-hybridized carbons (Fsp3) is 0.227. The maximum atomic E-state index is 12.7. The van der Waals surface area contributed by atoms with Crippen LogP contribution in [0.3, 0.4) is 0 Å². The number of sulfone groups is 1. The van der Waals surface area contributed by atoms with Crippen LogP contribution in [0.1, 0.15) is 22.5 Å². The van der Waals surface area contributed by atoms with Crippen LogP contribution in [0.2, 0.25) is 0 Å². The molecule has 1 aromatic heterocycles. The van der Waals surface area contributed by atoms with E-state index in [1.807, 2.05) is 31.2 Å². The molecular weight excluding hydrogens is 416 g/mol. The highest BCUT2D eigenvalue weighted by Crippen LogP contribution is 2.22. The van der Waals surface area contributed by atoms with Crippen LogP contribution in [0.15, 0.2) is 59.6 Å². The lowest BCUT2D eigenvalue weighted by Crippen LogP contribution is -2.33. The molecule has 1 atom stereocenters. The quantitative estimate of drug-likeness (QED) is 0.606. The van der Waals surface area contributed by atoms with Crippen LogP contribution in [-0.2, 0) is 14.6 Å². The molecule has 3 aromatic rings. The van der Waals surface area contributed by atoms with E-state index in [0.29, 0.717) is 18.0 Å². The lowest BCUT2D eigenvalue weighted by molar-refractivity contribution is -0.0352. The number of nitrogen functional groups attached to an aromatic ring is 1. The Bertz CT molecular complexity index is 1210. The van der Waals surface area contributed by atoms with Gasteiger partial charge in [0.25, 0.3) is 5.91 Å². The van der Waals surface area contributed by atoms with Crippen molar-refractivity contribution in [3.63, 3.8) is 0 Å². The van der Waals surface area contributed by atoms with Crippen molar-refractivity contribution in [1.29, 1.82) is 0 Å². The Kier molecular flexibility index (Phi) is 5.71. The molecular formula is C22H22N4O4S. The van der Waals surface area contributed by atoms with Crippen molar-refractivity contribution < 1.29 is 17.9 Å². The number of ether oxygens (including phenoxy) is 1. The highest BCUT2D eigenvalue weighted by Gasteiger charge is 2.26. The van der Waals surface area contributed by atoms with E-state index in [2.05, 4.69) is 15.3 Å². The molecule has 1 amide bonds. The van der Waals surface area contributed by atoms with Gasteiger partial charge in [0.05, 0.1) is 28.6 Å². The van der Waals surface area contributed by atoms with Crippen LogP contribution in [0.5, 0.6) is 0 Å². The van der Waals surface area contributed by atoms with Crippen molar-refractivity contribution in [3.8, 4) is 11.3 Å². The molecule has 1 aliphatic rings. The number of aromatic nitrogens is 2. The highest BCUT2D eigenvalue weighted by molar-refractivity contribution is 7.91. The Balaban J connectivity index is 1.50. The van der Waals surface area contributed by atoms with Gasteiger partial charge in [0.2, 0.25) is 0 Å². The van der Waals surface area contributed by atoms with Gasteiger partial charge in [0, 0.05) is 17.9 Å². The van der Waals surface area contributed by atoms with Gasteiger partial charge in [-0.2, -0.15) is 0 Å². The first-order valence-electron chi connectivity index (χ1n) is 9.77. The van der Waals surface area contributed by atoms with Gasteiger partial charge in [-0.3, -0.25) is 4.79 Å². The summed E-state index contributed by atoms with van der Waals surface area (Å²) in [6.45, 7) is 2.58. The number of anilines is 2. The largest absolute Gasteiger partial charge is 0.382 e. The van der Waals surface area contributed by atoms with E-state index >= 15 is 0 Å². The number of carbonyl (C=O) groups is 1. The van der Waals surface area contributed by atoms with E-state index in [1.165, 1.54) is 30.5 Å². The number of nitrogens with one attached hydrogen (secondary N) is 1. The molecule has 0 bridgehead atoms. The zero-order valence-corrected chi connectivity index (χ0v) is 17.7. The smallest absolute Gasteiger partial charge is 0.278 e. The molecule has 0 spiro atoms. The molecule has 1 unspecified atom stereocenters. The lowest BCUT2D eigenvalue weighted by atomic mass is 10.1. The number of nitrogens with zero attached hydrogens (tertiary/aromatic N) is 2. The molecule has 2 heterocycles. The monoisotopic (exact) mass is 438 g/mol. The maximum absolute atomic E-state index is 12.7. The number of rotatable bonds is 6. The predicted molar refractivity (Wildman–Crippen MR) is 117 cm³/mol. The Labute approximate surface area is 180 Å². The Morgan fingerprint density at radius 1 is 1.16 bits per heavy atom. The van der Waals surface area contributed by atoms with Crippen LogP contribution in [0, 0.1) is 6.92 Å². The molecule has 9 heteroatoms. The summed E-state index contributed by atoms with van der Waals surface area (Å²) in [5, 5.41) is 2.69. The number of nitrogens with two attached hydrogens (primary N) is 1. The van der Waals surface area contributed by atoms with Gasteiger partial charge in [-0.15, -0.1) is 0 Å². The van der Waals surface area contributed by atoms with Gasteiger partial charge in [-0.25, -0.2) is 18.4 Å². The first-order valence-corrected chi connectivity index (χ1v) is 11.4. The van der Waals surface area contributed by atoms with Crippen molar-refractivity contribution >= 4 is 27.2 Å². The molecule has 1 saturated heterocycles. The van der Waals surface area contributed by atoms with Crippen molar-refractivity contribution in [3.05, 3.63) is 66.0 Å². The van der Waals surface area contributed by atoms with Gasteiger partial charge < -0.3 is 15.8 Å². The van der Waals surface area contributed by atoms with Crippen molar-refractivity contribution in [2.45, 2.75) is 24.3 Å². The van der Waals surface area contributed by atoms with Crippen molar-refractivity contribution in [2.24, 2.45) is 0 Å². The Morgan fingerprint density at radius 3 is 2.45 bits per heavy atom. The van der Waals surface area contributed by atoms with Crippen LogP contribution in [0.25, 0.3) is 11.3 Å². The maximum Gasteiger partial charge on any atom is 0.278 e. The molecule has 0 radical (unpaired) electrons. The van der Waals surface area contributed by atoms with Crippen molar-refractivity contribution in [2.75, 3.05) is 23.4 Å². The fourth-order valence-electron chi connectivity index (χ4n) is 3.12. The summed E-state index contributed by atoms with van der Waals surface area (Å²) in [5.74, 6) is -0.568. The van der Waals surface area contributed by atoms with E-state index in [0.717, 1.165) is 17.5 Å². The zero-order valence-electron chi connectivity index (χ0n) is 16.9. The second-order valence-corrected chi connectivity index (χ2v) is 9.43. The van der Waals surface area contributed by atoms with Crippen LogP contribution in [0.4, 0.5) is 11.5 Å². The minimum Gasteiger partial charge on any atom is -0.382 e. The molecule has 0 saturated carbocycles. The van der Waals surface area contributed by atoms with E-state index in [1.54, 1.807) is 0 Å². The summed E-state index contributed by atoms with van der Waals surface area (Å²) in [6, 6.07) is 13.7. The third-order valence-electron chi connectivity index (χ3n) is 5.03. The topological polar surface area (TPSA) is 124 Å². The number of benzene rings is 2. The van der Waals surface area contributed by atoms with E-state index in [9.17, 15) is 13.2 Å². The SMILES string of the molecule is Cc1ccc(-c2cnc(N)c(C(=O)Nc3ccc(S(=O)(=O)CC4CCO4)cc3)n2)cc1. The molecule has 8 nitrogen and oxygen atoms in total. The number of amides is 1. The lowest BCUT2D eigenvalue weighted by Gasteiger charge is -2.25. The second kappa shape index (κ2) is 8.44. The number of hydrogen-bond donors (Lipinski definition) is 2. The highest BCUT2D eigenvalue weighted by atomic mass is 32.2. The molecule has 3 N–H and O–H groups in total. The normalized spacial score (nSPS) is 15.8. The van der Waals surface area contributed by atoms with Gasteiger partial charge in [-0.05, 0) is 37.6 Å². The fourth-order valence-corrected chi connectivity index (χ4v) is 4.62. The summed E-state index contributed by atoms with van der Waals surface area (Å²) in [5.41, 5.74) is 8.74. The predicted octanol–water partition coefficient (Wildman–Crippen LogP) is 2.85. The number of carbonyl (C=O) groups excluding carboxylic acids is 1. The average Bonchev–Trinajstić information content (AvgIpc) is 2.72. The third kappa shape index (κ3) is 4.73. The third-order valence-corrected chi connectivity index (χ3v) is 6.83.